The van der Waals surface area contributed by atoms with Gasteiger partial charge in [-0.3, -0.25) is 4.79 Å². The third-order valence-electron chi connectivity index (χ3n) is 3.56. The van der Waals surface area contributed by atoms with Gasteiger partial charge in [-0.15, -0.1) is 11.3 Å². The van der Waals surface area contributed by atoms with Gasteiger partial charge >= 0.3 is 0 Å². The molecule has 1 amide bonds. The lowest BCUT2D eigenvalue weighted by molar-refractivity contribution is 0.0719. The van der Waals surface area contributed by atoms with Gasteiger partial charge in [0.15, 0.2) is 0 Å². The van der Waals surface area contributed by atoms with E-state index in [0.29, 0.717) is 30.0 Å². The van der Waals surface area contributed by atoms with Crippen LogP contribution in [0, 0.1) is 12.7 Å². The zero-order chi connectivity index (χ0) is 16.2. The van der Waals surface area contributed by atoms with Crippen molar-refractivity contribution in [2.75, 3.05) is 0 Å². The molecule has 0 bridgehead atoms. The van der Waals surface area contributed by atoms with Crippen LogP contribution in [0.3, 0.4) is 0 Å². The van der Waals surface area contributed by atoms with Gasteiger partial charge in [-0.1, -0.05) is 12.1 Å². The molecular weight excluding hydrogens is 313 g/mol. The van der Waals surface area contributed by atoms with Crippen LogP contribution in [0.2, 0.25) is 0 Å². The molecule has 0 spiro atoms. The number of carbonyl (C=O) groups excluding carboxylic acids is 1. The van der Waals surface area contributed by atoms with E-state index in [1.54, 1.807) is 47.6 Å². The monoisotopic (exact) mass is 329 g/mol. The molecule has 0 radical (unpaired) electrons. The van der Waals surface area contributed by atoms with Crippen molar-refractivity contribution < 1.29 is 13.6 Å². The van der Waals surface area contributed by atoms with E-state index < -0.39 is 0 Å². The first kappa shape index (κ1) is 15.5. The van der Waals surface area contributed by atoms with E-state index in [1.165, 1.54) is 6.07 Å². The molecule has 3 rings (SSSR count). The Kier molecular flexibility index (Phi) is 4.57. The van der Waals surface area contributed by atoms with Crippen LogP contribution in [-0.2, 0) is 13.1 Å². The zero-order valence-electron chi connectivity index (χ0n) is 12.7. The third kappa shape index (κ3) is 3.68. The summed E-state index contributed by atoms with van der Waals surface area (Å²) in [4.78, 5) is 15.5. The molecule has 5 heteroatoms. The highest BCUT2D eigenvalue weighted by Crippen LogP contribution is 2.18. The molecule has 0 saturated carbocycles. The van der Waals surface area contributed by atoms with E-state index in [4.69, 9.17) is 4.42 Å². The summed E-state index contributed by atoms with van der Waals surface area (Å²) in [7, 11) is 0. The number of thiophene rings is 1. The Morgan fingerprint density at radius 3 is 2.74 bits per heavy atom. The second-order valence-electron chi connectivity index (χ2n) is 5.28. The zero-order valence-corrected chi connectivity index (χ0v) is 13.5. The van der Waals surface area contributed by atoms with Crippen molar-refractivity contribution in [3.8, 4) is 0 Å². The van der Waals surface area contributed by atoms with Crippen molar-refractivity contribution in [3.05, 3.63) is 81.7 Å². The van der Waals surface area contributed by atoms with E-state index in [9.17, 15) is 9.18 Å². The first-order valence-corrected chi connectivity index (χ1v) is 8.11. The molecule has 0 aliphatic rings. The van der Waals surface area contributed by atoms with Crippen molar-refractivity contribution in [1.29, 1.82) is 0 Å². The molecule has 0 fully saturated rings. The van der Waals surface area contributed by atoms with E-state index in [2.05, 4.69) is 0 Å². The topological polar surface area (TPSA) is 33.5 Å². The SMILES string of the molecule is Cc1ccc(C(=O)N(Cc2ccco2)Cc2cccs2)cc1F. The van der Waals surface area contributed by atoms with Gasteiger partial charge in [0.05, 0.1) is 19.4 Å². The summed E-state index contributed by atoms with van der Waals surface area (Å²) in [6.45, 7) is 2.49. The second-order valence-corrected chi connectivity index (χ2v) is 6.32. The molecule has 3 aromatic rings. The number of benzene rings is 1. The molecule has 0 unspecified atom stereocenters. The standard InChI is InChI=1S/C18H16FNO2S/c1-13-6-7-14(10-17(13)19)18(21)20(11-15-4-2-8-22-15)12-16-5-3-9-23-16/h2-10H,11-12H2,1H3. The summed E-state index contributed by atoms with van der Waals surface area (Å²) in [6, 6.07) is 12.1. The minimum atomic E-state index is -0.370. The van der Waals surface area contributed by atoms with Gasteiger partial charge in [0, 0.05) is 10.4 Å². The molecule has 23 heavy (non-hydrogen) atoms. The average molecular weight is 329 g/mol. The molecule has 0 atom stereocenters. The van der Waals surface area contributed by atoms with Gasteiger partial charge in [-0.05, 0) is 48.2 Å². The summed E-state index contributed by atoms with van der Waals surface area (Å²) in [5.41, 5.74) is 0.869. The highest BCUT2D eigenvalue weighted by Gasteiger charge is 2.19. The van der Waals surface area contributed by atoms with Crippen LogP contribution in [0.1, 0.15) is 26.6 Å². The summed E-state index contributed by atoms with van der Waals surface area (Å²) >= 11 is 1.58. The Morgan fingerprint density at radius 2 is 2.09 bits per heavy atom. The normalized spacial score (nSPS) is 10.7. The molecule has 0 saturated heterocycles. The van der Waals surface area contributed by atoms with Crippen molar-refractivity contribution in [3.63, 3.8) is 0 Å². The lowest BCUT2D eigenvalue weighted by Crippen LogP contribution is -2.29. The molecule has 2 aromatic heterocycles. The van der Waals surface area contributed by atoms with Gasteiger partial charge in [0.25, 0.3) is 5.91 Å². The van der Waals surface area contributed by atoms with Crippen LogP contribution in [0.5, 0.6) is 0 Å². The Balaban J connectivity index is 1.86. The number of nitrogens with zero attached hydrogens (tertiary/aromatic N) is 1. The van der Waals surface area contributed by atoms with Crippen molar-refractivity contribution in [2.24, 2.45) is 0 Å². The molecule has 0 aliphatic carbocycles. The number of furan rings is 1. The van der Waals surface area contributed by atoms with Crippen molar-refractivity contribution >= 4 is 17.2 Å². The first-order chi connectivity index (χ1) is 11.1. The fraction of sp³-hybridized carbons (Fsp3) is 0.167. The van der Waals surface area contributed by atoms with Gasteiger partial charge in [-0.25, -0.2) is 4.39 Å². The van der Waals surface area contributed by atoms with Crippen LogP contribution in [0.4, 0.5) is 4.39 Å². The van der Waals surface area contributed by atoms with Crippen molar-refractivity contribution in [2.45, 2.75) is 20.0 Å². The second kappa shape index (κ2) is 6.79. The van der Waals surface area contributed by atoms with Crippen LogP contribution in [0.15, 0.2) is 58.5 Å². The van der Waals surface area contributed by atoms with Gasteiger partial charge in [0.2, 0.25) is 0 Å². The minimum Gasteiger partial charge on any atom is -0.467 e. The minimum absolute atomic E-state index is 0.214. The number of amides is 1. The maximum atomic E-state index is 13.8. The highest BCUT2D eigenvalue weighted by molar-refractivity contribution is 7.09. The van der Waals surface area contributed by atoms with Gasteiger partial charge in [0.1, 0.15) is 11.6 Å². The van der Waals surface area contributed by atoms with Gasteiger partial charge < -0.3 is 9.32 Å². The molecule has 1 aromatic carbocycles. The number of halogens is 1. The maximum Gasteiger partial charge on any atom is 0.254 e. The summed E-state index contributed by atoms with van der Waals surface area (Å²) in [6.07, 6.45) is 1.58. The molecule has 118 valence electrons. The number of rotatable bonds is 5. The summed E-state index contributed by atoms with van der Waals surface area (Å²) in [5, 5.41) is 1.97. The Labute approximate surface area is 138 Å². The van der Waals surface area contributed by atoms with Gasteiger partial charge in [-0.2, -0.15) is 0 Å². The maximum absolute atomic E-state index is 13.8. The average Bonchev–Trinajstić information content (AvgIpc) is 3.22. The predicted octanol–water partition coefficient (Wildman–Crippen LogP) is 4.63. The third-order valence-corrected chi connectivity index (χ3v) is 4.42. The largest absolute Gasteiger partial charge is 0.467 e. The Hall–Kier alpha value is -2.40. The molecule has 0 N–H and O–H groups in total. The first-order valence-electron chi connectivity index (χ1n) is 7.23. The number of aryl methyl sites for hydroxylation is 1. The number of hydrogen-bond acceptors (Lipinski definition) is 3. The van der Waals surface area contributed by atoms with Crippen LogP contribution in [0.25, 0.3) is 0 Å². The van der Waals surface area contributed by atoms with E-state index >= 15 is 0 Å². The fourth-order valence-corrected chi connectivity index (χ4v) is 3.01. The van der Waals surface area contributed by atoms with E-state index in [1.807, 2.05) is 23.6 Å². The van der Waals surface area contributed by atoms with Crippen LogP contribution < -0.4 is 0 Å². The lowest BCUT2D eigenvalue weighted by atomic mass is 10.1. The predicted molar refractivity (Wildman–Crippen MR) is 87.7 cm³/mol. The van der Waals surface area contributed by atoms with Crippen LogP contribution in [-0.4, -0.2) is 10.8 Å². The Bertz CT molecular complexity index is 745. The Morgan fingerprint density at radius 1 is 1.22 bits per heavy atom. The molecular formula is C18H16FNO2S. The van der Waals surface area contributed by atoms with E-state index in [-0.39, 0.29) is 11.7 Å². The highest BCUT2D eigenvalue weighted by atomic mass is 32.1. The van der Waals surface area contributed by atoms with Crippen molar-refractivity contribution in [1.82, 2.24) is 4.90 Å². The van der Waals surface area contributed by atoms with E-state index in [0.717, 1.165) is 4.88 Å². The fourth-order valence-electron chi connectivity index (χ4n) is 2.29. The van der Waals surface area contributed by atoms with Crippen LogP contribution >= 0.6 is 11.3 Å². The molecule has 3 nitrogen and oxygen atoms in total. The smallest absolute Gasteiger partial charge is 0.254 e. The quantitative estimate of drug-likeness (QED) is 0.684. The number of carbonyl (C=O) groups is 1. The number of hydrogen-bond donors (Lipinski definition) is 0. The molecule has 2 heterocycles. The molecule has 0 aliphatic heterocycles. The summed E-state index contributed by atoms with van der Waals surface area (Å²) < 4.78 is 19.1. The lowest BCUT2D eigenvalue weighted by Gasteiger charge is -2.21. The summed E-state index contributed by atoms with van der Waals surface area (Å²) in [5.74, 6) is 0.112.